The molecule has 0 unspecified atom stereocenters. The number of aromatic amines is 1. The van der Waals surface area contributed by atoms with E-state index >= 15 is 0 Å². The molecule has 1 aliphatic heterocycles. The number of phenols is 1. The lowest BCUT2D eigenvalue weighted by atomic mass is 10.0. The first-order chi connectivity index (χ1) is 14.2. The topological polar surface area (TPSA) is 104 Å². The summed E-state index contributed by atoms with van der Waals surface area (Å²) in [4.78, 5) is 11.5. The molecule has 0 saturated carbocycles. The Labute approximate surface area is 168 Å². The molecule has 3 heterocycles. The summed E-state index contributed by atoms with van der Waals surface area (Å²) in [6, 6.07) is 13.6. The third kappa shape index (κ3) is 3.40. The molecule has 2 aromatic carbocycles. The Morgan fingerprint density at radius 3 is 2.69 bits per heavy atom. The van der Waals surface area contributed by atoms with Gasteiger partial charge in [0.2, 0.25) is 0 Å². The molecule has 1 fully saturated rings. The van der Waals surface area contributed by atoms with Crippen LogP contribution in [0, 0.1) is 0 Å². The number of hydrogen-bond acceptors (Lipinski definition) is 6. The smallest absolute Gasteiger partial charge is 0.147 e. The molecule has 1 aliphatic rings. The molecule has 0 atom stereocenters. The second-order valence-electron chi connectivity index (χ2n) is 7.47. The number of nitrogens with zero attached hydrogens (tertiary/aromatic N) is 4. The highest BCUT2D eigenvalue weighted by Crippen LogP contribution is 2.31. The third-order valence-corrected chi connectivity index (χ3v) is 5.47. The van der Waals surface area contributed by atoms with Crippen molar-refractivity contribution >= 4 is 16.7 Å². The van der Waals surface area contributed by atoms with Crippen molar-refractivity contribution in [3.05, 3.63) is 54.9 Å². The summed E-state index contributed by atoms with van der Waals surface area (Å²) in [6.07, 6.45) is 5.47. The minimum Gasteiger partial charge on any atom is -0.508 e. The van der Waals surface area contributed by atoms with Crippen LogP contribution in [0.1, 0.15) is 12.8 Å². The lowest BCUT2D eigenvalue weighted by Gasteiger charge is -2.30. The largest absolute Gasteiger partial charge is 0.508 e. The number of piperidine rings is 1. The molecule has 0 amide bonds. The number of H-pyrrole nitrogens is 1. The number of hydrogen-bond donors (Lipinski definition) is 3. The zero-order valence-corrected chi connectivity index (χ0v) is 15.9. The summed E-state index contributed by atoms with van der Waals surface area (Å²) < 4.78 is 0. The minimum atomic E-state index is 0.245. The Morgan fingerprint density at radius 1 is 1.03 bits per heavy atom. The van der Waals surface area contributed by atoms with Gasteiger partial charge in [0.15, 0.2) is 0 Å². The third-order valence-electron chi connectivity index (χ3n) is 5.47. The van der Waals surface area contributed by atoms with E-state index in [1.54, 1.807) is 24.5 Å². The van der Waals surface area contributed by atoms with Crippen LogP contribution in [-0.2, 0) is 0 Å². The normalized spacial score (nSPS) is 15.1. The van der Waals surface area contributed by atoms with Crippen molar-refractivity contribution in [3.63, 3.8) is 0 Å². The van der Waals surface area contributed by atoms with Gasteiger partial charge in [-0.25, -0.2) is 4.98 Å². The average Bonchev–Trinajstić information content (AvgIpc) is 3.18. The summed E-state index contributed by atoms with van der Waals surface area (Å²) >= 11 is 0. The van der Waals surface area contributed by atoms with Crippen molar-refractivity contribution in [2.24, 2.45) is 5.73 Å². The van der Waals surface area contributed by atoms with E-state index in [9.17, 15) is 5.11 Å². The van der Waals surface area contributed by atoms with Crippen molar-refractivity contribution < 1.29 is 5.11 Å². The second kappa shape index (κ2) is 7.18. The Bertz CT molecular complexity index is 1160. The van der Waals surface area contributed by atoms with Gasteiger partial charge in [-0.3, -0.25) is 10.1 Å². The number of rotatable bonds is 3. The van der Waals surface area contributed by atoms with Crippen LogP contribution in [0.15, 0.2) is 54.9 Å². The Kier molecular flexibility index (Phi) is 4.37. The first-order valence-electron chi connectivity index (χ1n) is 9.78. The van der Waals surface area contributed by atoms with E-state index in [-0.39, 0.29) is 11.8 Å². The van der Waals surface area contributed by atoms with Gasteiger partial charge in [0.1, 0.15) is 23.0 Å². The van der Waals surface area contributed by atoms with E-state index in [1.165, 1.54) is 0 Å². The Morgan fingerprint density at radius 2 is 1.86 bits per heavy atom. The number of nitrogens with one attached hydrogen (secondary N) is 1. The highest BCUT2D eigenvalue weighted by atomic mass is 16.3. The fraction of sp³-hybridized carbons (Fsp3) is 0.227. The molecule has 0 bridgehead atoms. The zero-order valence-electron chi connectivity index (χ0n) is 15.9. The maximum Gasteiger partial charge on any atom is 0.147 e. The molecule has 29 heavy (non-hydrogen) atoms. The van der Waals surface area contributed by atoms with Gasteiger partial charge in [-0.2, -0.15) is 5.10 Å². The fourth-order valence-electron chi connectivity index (χ4n) is 3.83. The summed E-state index contributed by atoms with van der Waals surface area (Å²) in [5, 5.41) is 18.4. The van der Waals surface area contributed by atoms with Gasteiger partial charge in [0, 0.05) is 24.5 Å². The predicted octanol–water partition coefficient (Wildman–Crippen LogP) is 3.32. The lowest BCUT2D eigenvalue weighted by Crippen LogP contribution is -2.40. The zero-order chi connectivity index (χ0) is 19.8. The van der Waals surface area contributed by atoms with E-state index in [0.717, 1.165) is 65.2 Å². The van der Waals surface area contributed by atoms with Gasteiger partial charge in [-0.1, -0.05) is 18.2 Å². The van der Waals surface area contributed by atoms with Crippen molar-refractivity contribution in [3.8, 4) is 28.3 Å². The van der Waals surface area contributed by atoms with Crippen LogP contribution in [0.25, 0.3) is 33.4 Å². The molecular weight excluding hydrogens is 364 g/mol. The Balaban J connectivity index is 1.53. The summed E-state index contributed by atoms with van der Waals surface area (Å²) in [5.41, 5.74) is 10.4. The molecule has 0 radical (unpaired) electrons. The van der Waals surface area contributed by atoms with Crippen LogP contribution in [0.4, 0.5) is 5.82 Å². The van der Waals surface area contributed by atoms with E-state index < -0.39 is 0 Å². The summed E-state index contributed by atoms with van der Waals surface area (Å²) in [6.45, 7) is 1.78. The first-order valence-corrected chi connectivity index (χ1v) is 9.78. The van der Waals surface area contributed by atoms with E-state index in [0.29, 0.717) is 0 Å². The van der Waals surface area contributed by atoms with Gasteiger partial charge >= 0.3 is 0 Å². The maximum atomic E-state index is 9.80. The quantitative estimate of drug-likeness (QED) is 0.499. The van der Waals surface area contributed by atoms with E-state index in [2.05, 4.69) is 26.1 Å². The summed E-state index contributed by atoms with van der Waals surface area (Å²) in [7, 11) is 0. The number of nitrogens with two attached hydrogens (primary N) is 1. The molecule has 0 spiro atoms. The van der Waals surface area contributed by atoms with Gasteiger partial charge < -0.3 is 15.7 Å². The fourth-order valence-corrected chi connectivity index (χ4v) is 3.83. The number of aromatic hydroxyl groups is 1. The molecule has 146 valence electrons. The molecular formula is C22H22N6O. The van der Waals surface area contributed by atoms with Crippen LogP contribution < -0.4 is 10.6 Å². The molecule has 4 N–H and O–H groups in total. The van der Waals surface area contributed by atoms with Crippen LogP contribution >= 0.6 is 0 Å². The van der Waals surface area contributed by atoms with E-state index in [4.69, 9.17) is 10.7 Å². The number of anilines is 1. The van der Waals surface area contributed by atoms with Gasteiger partial charge in [0.05, 0.1) is 17.9 Å². The van der Waals surface area contributed by atoms with Crippen molar-refractivity contribution in [2.45, 2.75) is 18.9 Å². The molecule has 7 nitrogen and oxygen atoms in total. The second-order valence-corrected chi connectivity index (χ2v) is 7.47. The Hall–Kier alpha value is -3.45. The van der Waals surface area contributed by atoms with Crippen LogP contribution in [0.3, 0.4) is 0 Å². The highest BCUT2D eigenvalue weighted by molar-refractivity contribution is 5.95. The maximum absolute atomic E-state index is 9.80. The molecule has 7 heteroatoms. The molecule has 4 aromatic rings. The SMILES string of the molecule is NC1CCN(c2cncc(-c3n[nH]c4ccc(-c5cccc(O)c5)cc34)n2)CC1. The van der Waals surface area contributed by atoms with Crippen LogP contribution in [-0.4, -0.2) is 44.4 Å². The standard InChI is InChI=1S/C22H22N6O/c23-16-6-8-28(9-7-16)21-13-24-12-20(25-21)22-18-11-15(4-5-19(18)26-27-22)14-2-1-3-17(29)10-14/h1-5,10-13,16,29H,6-9,23H2,(H,26,27). The van der Waals surface area contributed by atoms with Gasteiger partial charge in [-0.15, -0.1) is 0 Å². The highest BCUT2D eigenvalue weighted by Gasteiger charge is 2.19. The van der Waals surface area contributed by atoms with Crippen molar-refractivity contribution in [2.75, 3.05) is 18.0 Å². The average molecular weight is 386 g/mol. The van der Waals surface area contributed by atoms with Crippen molar-refractivity contribution in [1.82, 2.24) is 20.2 Å². The molecule has 1 saturated heterocycles. The van der Waals surface area contributed by atoms with Crippen molar-refractivity contribution in [1.29, 1.82) is 0 Å². The number of phenolic OH excluding ortho intramolecular Hbond substituents is 1. The van der Waals surface area contributed by atoms with Gasteiger partial charge in [0.25, 0.3) is 0 Å². The monoisotopic (exact) mass is 386 g/mol. The number of benzene rings is 2. The first kappa shape index (κ1) is 17.6. The lowest BCUT2D eigenvalue weighted by molar-refractivity contribution is 0.475. The number of aromatic nitrogens is 4. The predicted molar refractivity (Wildman–Crippen MR) is 114 cm³/mol. The molecule has 5 rings (SSSR count). The van der Waals surface area contributed by atoms with Crippen LogP contribution in [0.2, 0.25) is 0 Å². The molecule has 2 aromatic heterocycles. The summed E-state index contributed by atoms with van der Waals surface area (Å²) in [5.74, 6) is 1.10. The van der Waals surface area contributed by atoms with E-state index in [1.807, 2.05) is 24.3 Å². The number of fused-ring (bicyclic) bond motifs is 1. The van der Waals surface area contributed by atoms with Gasteiger partial charge in [-0.05, 0) is 48.2 Å². The van der Waals surface area contributed by atoms with Crippen LogP contribution in [0.5, 0.6) is 5.75 Å². The molecule has 0 aliphatic carbocycles. The minimum absolute atomic E-state index is 0.245.